The average Bonchev–Trinajstić information content (AvgIpc) is 2.29. The lowest BCUT2D eigenvalue weighted by Gasteiger charge is -2.16. The minimum Gasteiger partial charge on any atom is -0.367 e. The van der Waals surface area contributed by atoms with Gasteiger partial charge in [-0.15, -0.1) is 0 Å². The Labute approximate surface area is 79.0 Å². The summed E-state index contributed by atoms with van der Waals surface area (Å²) in [5.74, 6) is -0.00981. The van der Waals surface area contributed by atoms with Crippen LogP contribution in [0.5, 0.6) is 0 Å². The van der Waals surface area contributed by atoms with Crippen LogP contribution in [0.1, 0.15) is 20.3 Å². The molecule has 0 aliphatic carbocycles. The van der Waals surface area contributed by atoms with Crippen LogP contribution in [0.2, 0.25) is 0 Å². The fraction of sp³-hybridized carbons (Fsp3) is 0.889. The van der Waals surface area contributed by atoms with E-state index in [0.717, 1.165) is 13.0 Å². The Bertz CT molecular complexity index is 163. The number of carbonyl (C=O) groups is 1. The predicted octanol–water partition coefficient (Wildman–Crippen LogP) is -0.111. The van der Waals surface area contributed by atoms with Crippen LogP contribution in [0.25, 0.3) is 0 Å². The molecule has 1 atom stereocenters. The van der Waals surface area contributed by atoms with Gasteiger partial charge in [0.15, 0.2) is 0 Å². The maximum Gasteiger partial charge on any atom is 0.250 e. The molecule has 4 nitrogen and oxygen atoms in total. The fourth-order valence-electron chi connectivity index (χ4n) is 1.26. The number of nitrogens with one attached hydrogen (secondary N) is 2. The van der Waals surface area contributed by atoms with Crippen molar-refractivity contribution in [3.63, 3.8) is 0 Å². The summed E-state index contributed by atoms with van der Waals surface area (Å²) in [6.07, 6.45) is 0.663. The van der Waals surface area contributed by atoms with E-state index in [-0.39, 0.29) is 18.1 Å². The first-order chi connectivity index (χ1) is 6.20. The SMILES string of the molecule is CC(C)NC(=O)C1CNCCCO1. The lowest BCUT2D eigenvalue weighted by atomic mass is 10.3. The van der Waals surface area contributed by atoms with Gasteiger partial charge < -0.3 is 15.4 Å². The van der Waals surface area contributed by atoms with Crippen molar-refractivity contribution in [2.75, 3.05) is 19.7 Å². The van der Waals surface area contributed by atoms with E-state index in [1.807, 2.05) is 13.8 Å². The van der Waals surface area contributed by atoms with E-state index in [9.17, 15) is 4.79 Å². The average molecular weight is 186 g/mol. The van der Waals surface area contributed by atoms with Gasteiger partial charge in [0, 0.05) is 19.2 Å². The van der Waals surface area contributed by atoms with Gasteiger partial charge in [0.1, 0.15) is 6.10 Å². The lowest BCUT2D eigenvalue weighted by Crippen LogP contribution is -2.44. The van der Waals surface area contributed by atoms with Crippen molar-refractivity contribution in [3.05, 3.63) is 0 Å². The summed E-state index contributed by atoms with van der Waals surface area (Å²) >= 11 is 0. The third-order valence-corrected chi connectivity index (χ3v) is 1.87. The third-order valence-electron chi connectivity index (χ3n) is 1.87. The van der Waals surface area contributed by atoms with E-state index in [2.05, 4.69) is 10.6 Å². The second-order valence-electron chi connectivity index (χ2n) is 3.58. The first-order valence-corrected chi connectivity index (χ1v) is 4.83. The minimum absolute atomic E-state index is 0.00981. The Morgan fingerprint density at radius 1 is 1.62 bits per heavy atom. The summed E-state index contributed by atoms with van der Waals surface area (Å²) < 4.78 is 5.39. The number of ether oxygens (including phenoxy) is 1. The predicted molar refractivity (Wildman–Crippen MR) is 50.5 cm³/mol. The van der Waals surface area contributed by atoms with E-state index in [1.165, 1.54) is 0 Å². The molecule has 0 radical (unpaired) electrons. The zero-order valence-corrected chi connectivity index (χ0v) is 8.30. The Morgan fingerprint density at radius 2 is 2.38 bits per heavy atom. The Balaban J connectivity index is 2.35. The van der Waals surface area contributed by atoms with Crippen LogP contribution in [0.4, 0.5) is 0 Å². The molecule has 0 spiro atoms. The van der Waals surface area contributed by atoms with Crippen molar-refractivity contribution < 1.29 is 9.53 Å². The molecule has 76 valence electrons. The quantitative estimate of drug-likeness (QED) is 0.632. The van der Waals surface area contributed by atoms with Gasteiger partial charge in [0.2, 0.25) is 0 Å². The topological polar surface area (TPSA) is 50.4 Å². The number of hydrogen-bond acceptors (Lipinski definition) is 3. The highest BCUT2D eigenvalue weighted by molar-refractivity contribution is 5.81. The smallest absolute Gasteiger partial charge is 0.250 e. The van der Waals surface area contributed by atoms with Crippen LogP contribution in [0, 0.1) is 0 Å². The van der Waals surface area contributed by atoms with Gasteiger partial charge in [-0.3, -0.25) is 4.79 Å². The summed E-state index contributed by atoms with van der Waals surface area (Å²) in [6, 6.07) is 0.180. The third kappa shape index (κ3) is 3.74. The highest BCUT2D eigenvalue weighted by atomic mass is 16.5. The van der Waals surface area contributed by atoms with Gasteiger partial charge in [0.25, 0.3) is 5.91 Å². The van der Waals surface area contributed by atoms with Crippen LogP contribution >= 0.6 is 0 Å². The lowest BCUT2D eigenvalue weighted by molar-refractivity contribution is -0.132. The second kappa shape index (κ2) is 5.19. The Kier molecular flexibility index (Phi) is 4.18. The largest absolute Gasteiger partial charge is 0.367 e. The van der Waals surface area contributed by atoms with Crippen molar-refractivity contribution >= 4 is 5.91 Å². The highest BCUT2D eigenvalue weighted by Gasteiger charge is 2.20. The molecular weight excluding hydrogens is 168 g/mol. The van der Waals surface area contributed by atoms with Gasteiger partial charge in [-0.25, -0.2) is 0 Å². The van der Waals surface area contributed by atoms with E-state index >= 15 is 0 Å². The Hall–Kier alpha value is -0.610. The van der Waals surface area contributed by atoms with Crippen LogP contribution in [0.3, 0.4) is 0 Å². The molecule has 4 heteroatoms. The van der Waals surface area contributed by atoms with Crippen LogP contribution in [0.15, 0.2) is 0 Å². The molecule has 0 saturated carbocycles. The first-order valence-electron chi connectivity index (χ1n) is 4.83. The van der Waals surface area contributed by atoms with Crippen molar-refractivity contribution in [1.29, 1.82) is 0 Å². The van der Waals surface area contributed by atoms with E-state index < -0.39 is 0 Å². The molecule has 1 fully saturated rings. The van der Waals surface area contributed by atoms with Gasteiger partial charge in [-0.1, -0.05) is 0 Å². The zero-order chi connectivity index (χ0) is 9.68. The molecular formula is C9H18N2O2. The fourth-order valence-corrected chi connectivity index (χ4v) is 1.26. The molecule has 0 aromatic rings. The maximum absolute atomic E-state index is 11.5. The molecule has 1 rings (SSSR count). The van der Waals surface area contributed by atoms with Crippen molar-refractivity contribution in [2.45, 2.75) is 32.4 Å². The van der Waals surface area contributed by atoms with E-state index in [0.29, 0.717) is 13.2 Å². The van der Waals surface area contributed by atoms with Crippen molar-refractivity contribution in [3.8, 4) is 0 Å². The molecule has 1 aliphatic heterocycles. The van der Waals surface area contributed by atoms with Gasteiger partial charge in [0.05, 0.1) is 0 Å². The number of hydrogen-bond donors (Lipinski definition) is 2. The molecule has 1 amide bonds. The molecule has 1 unspecified atom stereocenters. The van der Waals surface area contributed by atoms with Crippen molar-refractivity contribution in [1.82, 2.24) is 10.6 Å². The molecule has 1 aliphatic rings. The molecule has 2 N–H and O–H groups in total. The number of amides is 1. The van der Waals surface area contributed by atoms with E-state index in [1.54, 1.807) is 0 Å². The minimum atomic E-state index is -0.315. The Morgan fingerprint density at radius 3 is 3.08 bits per heavy atom. The normalized spacial score (nSPS) is 24.1. The van der Waals surface area contributed by atoms with Crippen LogP contribution in [-0.2, 0) is 9.53 Å². The van der Waals surface area contributed by atoms with E-state index in [4.69, 9.17) is 4.74 Å². The molecule has 0 aromatic carbocycles. The summed E-state index contributed by atoms with van der Waals surface area (Å²) in [6.45, 7) is 6.12. The summed E-state index contributed by atoms with van der Waals surface area (Å²) in [5.41, 5.74) is 0. The van der Waals surface area contributed by atoms with Gasteiger partial charge in [-0.2, -0.15) is 0 Å². The number of rotatable bonds is 2. The summed E-state index contributed by atoms with van der Waals surface area (Å²) in [4.78, 5) is 11.5. The zero-order valence-electron chi connectivity index (χ0n) is 8.30. The van der Waals surface area contributed by atoms with Gasteiger partial charge >= 0.3 is 0 Å². The number of carbonyl (C=O) groups excluding carboxylic acids is 1. The molecule has 0 bridgehead atoms. The highest BCUT2D eigenvalue weighted by Crippen LogP contribution is 1.98. The molecule has 1 saturated heterocycles. The molecule has 0 aromatic heterocycles. The second-order valence-corrected chi connectivity index (χ2v) is 3.58. The standard InChI is InChI=1S/C9H18N2O2/c1-7(2)11-9(12)8-6-10-4-3-5-13-8/h7-8,10H,3-6H2,1-2H3,(H,11,12). The summed E-state index contributed by atoms with van der Waals surface area (Å²) in [5, 5.41) is 6.00. The van der Waals surface area contributed by atoms with Crippen molar-refractivity contribution in [2.24, 2.45) is 0 Å². The monoisotopic (exact) mass is 186 g/mol. The molecule has 13 heavy (non-hydrogen) atoms. The summed E-state index contributed by atoms with van der Waals surface area (Å²) in [7, 11) is 0. The maximum atomic E-state index is 11.5. The van der Waals surface area contributed by atoms with Crippen LogP contribution < -0.4 is 10.6 Å². The van der Waals surface area contributed by atoms with Gasteiger partial charge in [-0.05, 0) is 26.8 Å². The molecule has 1 heterocycles. The van der Waals surface area contributed by atoms with Crippen LogP contribution in [-0.4, -0.2) is 37.7 Å². The first kappa shape index (κ1) is 10.5.